The Morgan fingerprint density at radius 2 is 1.77 bits per heavy atom. The lowest BCUT2D eigenvalue weighted by molar-refractivity contribution is 0.322. The van der Waals surface area contributed by atoms with Crippen molar-refractivity contribution in [3.8, 4) is 5.75 Å². The monoisotopic (exact) mass is 347 g/mol. The van der Waals surface area contributed by atoms with Gasteiger partial charge in [-0.2, -0.15) is 0 Å². The molecule has 22 heavy (non-hydrogen) atoms. The van der Waals surface area contributed by atoms with Crippen molar-refractivity contribution in [1.29, 1.82) is 0 Å². The third kappa shape index (κ3) is 4.40. The minimum atomic E-state index is -3.80. The van der Waals surface area contributed by atoms with Gasteiger partial charge in [0.15, 0.2) is 0 Å². The molecule has 2 aromatic carbocycles. The van der Waals surface area contributed by atoms with Gasteiger partial charge < -0.3 is 4.74 Å². The van der Waals surface area contributed by atoms with Crippen LogP contribution in [0.1, 0.15) is 0 Å². The smallest absolute Gasteiger partial charge is 0.240 e. The van der Waals surface area contributed by atoms with Crippen molar-refractivity contribution in [2.45, 2.75) is 4.90 Å². The van der Waals surface area contributed by atoms with Gasteiger partial charge in [-0.3, -0.25) is 0 Å². The van der Waals surface area contributed by atoms with E-state index in [0.717, 1.165) is 18.2 Å². The van der Waals surface area contributed by atoms with Crippen LogP contribution >= 0.6 is 11.6 Å². The molecule has 0 aromatic heterocycles. The summed E-state index contributed by atoms with van der Waals surface area (Å²) in [5.41, 5.74) is 0. The van der Waals surface area contributed by atoms with Gasteiger partial charge in [0.05, 0.1) is 9.92 Å². The normalized spacial score (nSPS) is 11.4. The van der Waals surface area contributed by atoms with Gasteiger partial charge in [0.2, 0.25) is 10.0 Å². The third-order valence-electron chi connectivity index (χ3n) is 2.68. The second kappa shape index (κ2) is 7.04. The summed E-state index contributed by atoms with van der Waals surface area (Å²) in [4.78, 5) is -0.138. The van der Waals surface area contributed by atoms with Gasteiger partial charge in [0.25, 0.3) is 0 Å². The molecule has 2 aromatic rings. The van der Waals surface area contributed by atoms with Gasteiger partial charge in [-0.25, -0.2) is 21.9 Å². The molecular weight excluding hydrogens is 336 g/mol. The lowest BCUT2D eigenvalue weighted by Crippen LogP contribution is -2.28. The first-order chi connectivity index (χ1) is 10.4. The molecule has 8 heteroatoms. The fourth-order valence-electron chi connectivity index (χ4n) is 1.60. The molecule has 0 radical (unpaired) electrons. The summed E-state index contributed by atoms with van der Waals surface area (Å²) in [6.07, 6.45) is 0. The molecule has 0 heterocycles. The summed E-state index contributed by atoms with van der Waals surface area (Å²) in [7, 11) is -3.80. The summed E-state index contributed by atoms with van der Waals surface area (Å²) in [5, 5.41) is -0.273. The SMILES string of the molecule is O=S(=O)(NCCOc1ccc(F)cc1)c1ccc(F)c(Cl)c1. The molecule has 0 spiro atoms. The zero-order chi connectivity index (χ0) is 16.2. The van der Waals surface area contributed by atoms with Crippen molar-refractivity contribution < 1.29 is 21.9 Å². The molecule has 1 N–H and O–H groups in total. The van der Waals surface area contributed by atoms with Gasteiger partial charge in [0.1, 0.15) is 24.0 Å². The van der Waals surface area contributed by atoms with E-state index in [4.69, 9.17) is 16.3 Å². The van der Waals surface area contributed by atoms with Gasteiger partial charge in [-0.15, -0.1) is 0 Å². The zero-order valence-corrected chi connectivity index (χ0v) is 12.8. The predicted octanol–water partition coefficient (Wildman–Crippen LogP) is 2.98. The van der Waals surface area contributed by atoms with Crippen molar-refractivity contribution in [2.75, 3.05) is 13.2 Å². The van der Waals surface area contributed by atoms with E-state index < -0.39 is 15.8 Å². The van der Waals surface area contributed by atoms with E-state index in [2.05, 4.69) is 4.72 Å². The Balaban J connectivity index is 1.89. The number of hydrogen-bond donors (Lipinski definition) is 1. The van der Waals surface area contributed by atoms with Crippen LogP contribution < -0.4 is 9.46 Å². The highest BCUT2D eigenvalue weighted by Crippen LogP contribution is 2.19. The number of nitrogens with one attached hydrogen (secondary N) is 1. The highest BCUT2D eigenvalue weighted by molar-refractivity contribution is 7.89. The second-order valence-corrected chi connectivity index (χ2v) is 6.45. The standard InChI is InChI=1S/C14H12ClF2NO3S/c15-13-9-12(5-6-14(13)17)22(19,20)18-7-8-21-11-3-1-10(16)2-4-11/h1-6,9,18H,7-8H2. The first kappa shape index (κ1) is 16.7. The van der Waals surface area contributed by atoms with Crippen LogP contribution in [0.4, 0.5) is 8.78 Å². The van der Waals surface area contributed by atoms with E-state index in [9.17, 15) is 17.2 Å². The van der Waals surface area contributed by atoms with Crippen LogP contribution in [0.2, 0.25) is 5.02 Å². The van der Waals surface area contributed by atoms with E-state index in [1.165, 1.54) is 24.3 Å². The average molecular weight is 348 g/mol. The molecular formula is C14H12ClF2NO3S. The molecule has 0 saturated heterocycles. The molecule has 0 fully saturated rings. The maximum atomic E-state index is 13.0. The Kier molecular flexibility index (Phi) is 5.33. The molecule has 0 amide bonds. The molecule has 0 bridgehead atoms. The highest BCUT2D eigenvalue weighted by atomic mass is 35.5. The summed E-state index contributed by atoms with van der Waals surface area (Å²) in [6.45, 7) is 0.0501. The largest absolute Gasteiger partial charge is 0.492 e. The van der Waals surface area contributed by atoms with Crippen LogP contribution in [0.25, 0.3) is 0 Å². The maximum Gasteiger partial charge on any atom is 0.240 e. The minimum Gasteiger partial charge on any atom is -0.492 e. The first-order valence-electron chi connectivity index (χ1n) is 6.21. The topological polar surface area (TPSA) is 55.4 Å². The summed E-state index contributed by atoms with van der Waals surface area (Å²) in [6, 6.07) is 8.46. The molecule has 0 unspecified atom stereocenters. The van der Waals surface area contributed by atoms with Crippen molar-refractivity contribution in [3.05, 3.63) is 59.1 Å². The number of ether oxygens (including phenoxy) is 1. The molecule has 0 aliphatic carbocycles. The molecule has 4 nitrogen and oxygen atoms in total. The minimum absolute atomic E-state index is 0.00525. The summed E-state index contributed by atoms with van der Waals surface area (Å²) in [5.74, 6) is -0.660. The van der Waals surface area contributed by atoms with Gasteiger partial charge in [-0.1, -0.05) is 11.6 Å². The van der Waals surface area contributed by atoms with Crippen LogP contribution in [0.3, 0.4) is 0 Å². The quantitative estimate of drug-likeness (QED) is 0.817. The Hall–Kier alpha value is -1.70. The van der Waals surface area contributed by atoms with Gasteiger partial charge in [-0.05, 0) is 42.5 Å². The summed E-state index contributed by atoms with van der Waals surface area (Å²) < 4.78 is 57.2. The van der Waals surface area contributed by atoms with Gasteiger partial charge in [0, 0.05) is 6.54 Å². The fraction of sp³-hybridized carbons (Fsp3) is 0.143. The van der Waals surface area contributed by atoms with Gasteiger partial charge >= 0.3 is 0 Å². The van der Waals surface area contributed by atoms with Crippen LogP contribution in [-0.4, -0.2) is 21.6 Å². The van der Waals surface area contributed by atoms with Crippen LogP contribution in [0.5, 0.6) is 5.75 Å². The Morgan fingerprint density at radius 3 is 2.41 bits per heavy atom. The first-order valence-corrected chi connectivity index (χ1v) is 8.08. The number of hydrogen-bond acceptors (Lipinski definition) is 3. The van der Waals surface area contributed by atoms with E-state index in [-0.39, 0.29) is 28.9 Å². The maximum absolute atomic E-state index is 13.0. The number of halogens is 3. The van der Waals surface area contributed by atoms with Crippen LogP contribution in [0, 0.1) is 11.6 Å². The lowest BCUT2D eigenvalue weighted by Gasteiger charge is -2.09. The molecule has 0 aliphatic heterocycles. The average Bonchev–Trinajstić information content (AvgIpc) is 2.48. The van der Waals surface area contributed by atoms with E-state index >= 15 is 0 Å². The molecule has 0 saturated carbocycles. The summed E-state index contributed by atoms with van der Waals surface area (Å²) >= 11 is 5.55. The van der Waals surface area contributed by atoms with Crippen LogP contribution in [0.15, 0.2) is 47.4 Å². The Morgan fingerprint density at radius 1 is 1.09 bits per heavy atom. The number of sulfonamides is 1. The highest BCUT2D eigenvalue weighted by Gasteiger charge is 2.15. The fourth-order valence-corrected chi connectivity index (χ4v) is 2.89. The van der Waals surface area contributed by atoms with Crippen molar-refractivity contribution in [1.82, 2.24) is 4.72 Å². The third-order valence-corrected chi connectivity index (χ3v) is 4.43. The Bertz CT molecular complexity index is 751. The number of rotatable bonds is 6. The number of benzene rings is 2. The lowest BCUT2D eigenvalue weighted by atomic mass is 10.3. The zero-order valence-electron chi connectivity index (χ0n) is 11.2. The second-order valence-electron chi connectivity index (χ2n) is 4.28. The molecule has 118 valence electrons. The van der Waals surface area contributed by atoms with Crippen molar-refractivity contribution in [2.24, 2.45) is 0 Å². The van der Waals surface area contributed by atoms with Crippen molar-refractivity contribution in [3.63, 3.8) is 0 Å². The van der Waals surface area contributed by atoms with Crippen molar-refractivity contribution >= 4 is 21.6 Å². The Labute approximate surface area is 131 Å². The van der Waals surface area contributed by atoms with E-state index in [1.54, 1.807) is 0 Å². The molecule has 0 aliphatic rings. The van der Waals surface area contributed by atoms with E-state index in [0.29, 0.717) is 5.75 Å². The predicted molar refractivity (Wildman–Crippen MR) is 78.5 cm³/mol. The molecule has 0 atom stereocenters. The van der Waals surface area contributed by atoms with Crippen LogP contribution in [-0.2, 0) is 10.0 Å². The van der Waals surface area contributed by atoms with E-state index in [1.807, 2.05) is 0 Å². The molecule has 2 rings (SSSR count).